The van der Waals surface area contributed by atoms with E-state index in [0.29, 0.717) is 0 Å². The van der Waals surface area contributed by atoms with Gasteiger partial charge in [-0.25, -0.2) is 5.48 Å². The SMILES string of the molecule is CN/C=C(\C)C(CC(C)ONC)N=CN. The zero-order valence-corrected chi connectivity index (χ0v) is 9.95. The molecule has 15 heavy (non-hydrogen) atoms. The summed E-state index contributed by atoms with van der Waals surface area (Å²) in [6.07, 6.45) is 4.13. The molecule has 0 rings (SSSR count). The smallest absolute Gasteiger partial charge is 0.0805 e. The number of nitrogens with two attached hydrogens (primary N) is 1. The average molecular weight is 214 g/mol. The van der Waals surface area contributed by atoms with Crippen molar-refractivity contribution in [2.45, 2.75) is 32.4 Å². The minimum Gasteiger partial charge on any atom is -0.394 e. The molecular weight excluding hydrogens is 192 g/mol. The number of aliphatic imine (C=N–C) groups is 1. The first kappa shape index (κ1) is 13.9. The molecule has 0 aliphatic carbocycles. The lowest BCUT2D eigenvalue weighted by atomic mass is 10.0. The van der Waals surface area contributed by atoms with Gasteiger partial charge in [0.2, 0.25) is 0 Å². The molecule has 0 bridgehead atoms. The molecule has 0 aromatic heterocycles. The molecule has 5 heteroatoms. The van der Waals surface area contributed by atoms with Gasteiger partial charge in [-0.2, -0.15) is 0 Å². The Kier molecular flexibility index (Phi) is 7.67. The molecule has 2 unspecified atom stereocenters. The molecule has 0 aliphatic rings. The van der Waals surface area contributed by atoms with E-state index in [1.807, 2.05) is 27.1 Å². The summed E-state index contributed by atoms with van der Waals surface area (Å²) < 4.78 is 0. The highest BCUT2D eigenvalue weighted by Gasteiger charge is 2.13. The Morgan fingerprint density at radius 3 is 2.67 bits per heavy atom. The predicted octanol–water partition coefficient (Wildman–Crippen LogP) is 0.395. The summed E-state index contributed by atoms with van der Waals surface area (Å²) in [5, 5.41) is 2.98. The number of hydrogen-bond donors (Lipinski definition) is 3. The van der Waals surface area contributed by atoms with E-state index in [9.17, 15) is 0 Å². The maximum absolute atomic E-state index is 5.32. The van der Waals surface area contributed by atoms with Crippen LogP contribution in [-0.2, 0) is 4.84 Å². The standard InChI is InChI=1S/C10H22N4O/c1-8(6-12-3)10(14-7-11)5-9(2)15-13-4/h6-7,9-10,12-13H,5H2,1-4H3,(H2,11,14)/b8-6+. The van der Waals surface area contributed by atoms with Crippen molar-refractivity contribution in [3.05, 3.63) is 11.8 Å². The van der Waals surface area contributed by atoms with Crippen LogP contribution in [0.1, 0.15) is 20.3 Å². The largest absolute Gasteiger partial charge is 0.394 e. The number of hydroxylamine groups is 1. The van der Waals surface area contributed by atoms with Gasteiger partial charge in [-0.3, -0.25) is 9.83 Å². The number of hydrogen-bond acceptors (Lipinski definition) is 4. The summed E-state index contributed by atoms with van der Waals surface area (Å²) in [5.41, 5.74) is 9.12. The van der Waals surface area contributed by atoms with Crippen LogP contribution in [0.15, 0.2) is 16.8 Å². The van der Waals surface area contributed by atoms with Crippen LogP contribution in [0.3, 0.4) is 0 Å². The molecule has 2 atom stereocenters. The first-order valence-corrected chi connectivity index (χ1v) is 5.05. The number of nitrogens with zero attached hydrogens (tertiary/aromatic N) is 1. The fraction of sp³-hybridized carbons (Fsp3) is 0.700. The molecule has 4 N–H and O–H groups in total. The van der Waals surface area contributed by atoms with Crippen molar-refractivity contribution >= 4 is 6.34 Å². The Bertz CT molecular complexity index is 215. The van der Waals surface area contributed by atoms with Gasteiger partial charge in [0.25, 0.3) is 0 Å². The van der Waals surface area contributed by atoms with Crippen LogP contribution in [0.4, 0.5) is 0 Å². The van der Waals surface area contributed by atoms with Crippen LogP contribution in [-0.4, -0.2) is 32.6 Å². The topological polar surface area (TPSA) is 71.7 Å². The Hall–Kier alpha value is -1.07. The zero-order chi connectivity index (χ0) is 11.7. The van der Waals surface area contributed by atoms with E-state index in [-0.39, 0.29) is 12.1 Å². The van der Waals surface area contributed by atoms with E-state index >= 15 is 0 Å². The molecule has 88 valence electrons. The maximum Gasteiger partial charge on any atom is 0.0805 e. The van der Waals surface area contributed by atoms with E-state index in [4.69, 9.17) is 10.6 Å². The molecule has 0 aromatic carbocycles. The number of rotatable bonds is 7. The van der Waals surface area contributed by atoms with Gasteiger partial charge in [-0.1, -0.05) is 0 Å². The fourth-order valence-electron chi connectivity index (χ4n) is 1.36. The Morgan fingerprint density at radius 1 is 1.53 bits per heavy atom. The summed E-state index contributed by atoms with van der Waals surface area (Å²) in [6, 6.07) is 0.0609. The van der Waals surface area contributed by atoms with Crippen LogP contribution in [0.2, 0.25) is 0 Å². The number of nitrogens with one attached hydrogen (secondary N) is 2. The van der Waals surface area contributed by atoms with Gasteiger partial charge in [-0.05, 0) is 25.6 Å². The van der Waals surface area contributed by atoms with Gasteiger partial charge in [0.1, 0.15) is 0 Å². The van der Waals surface area contributed by atoms with Crippen LogP contribution >= 0.6 is 0 Å². The van der Waals surface area contributed by atoms with Gasteiger partial charge in [0.05, 0.1) is 18.5 Å². The van der Waals surface area contributed by atoms with Crippen molar-refractivity contribution in [2.75, 3.05) is 14.1 Å². The van der Waals surface area contributed by atoms with Crippen LogP contribution < -0.4 is 16.5 Å². The quantitative estimate of drug-likeness (QED) is 0.326. The average Bonchev–Trinajstić information content (AvgIpc) is 2.18. The summed E-state index contributed by atoms with van der Waals surface area (Å²) >= 11 is 0. The first-order chi connectivity index (χ1) is 7.15. The fourth-order valence-corrected chi connectivity index (χ4v) is 1.36. The molecule has 0 radical (unpaired) electrons. The lowest BCUT2D eigenvalue weighted by molar-refractivity contribution is -0.00703. The molecule has 0 amide bonds. The molecule has 0 heterocycles. The summed E-state index contributed by atoms with van der Waals surface area (Å²) in [6.45, 7) is 4.00. The molecule has 0 aliphatic heterocycles. The third-order valence-corrected chi connectivity index (χ3v) is 2.04. The normalized spacial score (nSPS) is 16.7. The highest BCUT2D eigenvalue weighted by Crippen LogP contribution is 2.13. The van der Waals surface area contributed by atoms with Crippen molar-refractivity contribution in [3.8, 4) is 0 Å². The molecule has 0 saturated carbocycles. The van der Waals surface area contributed by atoms with Gasteiger partial charge >= 0.3 is 0 Å². The zero-order valence-electron chi connectivity index (χ0n) is 9.95. The van der Waals surface area contributed by atoms with Gasteiger partial charge in [0.15, 0.2) is 0 Å². The predicted molar refractivity (Wildman–Crippen MR) is 63.5 cm³/mol. The minimum atomic E-state index is 0.0609. The third kappa shape index (κ3) is 6.09. The van der Waals surface area contributed by atoms with E-state index in [1.54, 1.807) is 7.05 Å². The van der Waals surface area contributed by atoms with E-state index in [1.165, 1.54) is 6.34 Å². The Balaban J connectivity index is 4.33. The van der Waals surface area contributed by atoms with Crippen molar-refractivity contribution in [3.63, 3.8) is 0 Å². The second-order valence-corrected chi connectivity index (χ2v) is 3.36. The van der Waals surface area contributed by atoms with Crippen LogP contribution in [0.5, 0.6) is 0 Å². The van der Waals surface area contributed by atoms with Crippen molar-refractivity contribution < 1.29 is 4.84 Å². The highest BCUT2D eigenvalue weighted by atomic mass is 16.7. The van der Waals surface area contributed by atoms with Gasteiger partial charge in [-0.15, -0.1) is 0 Å². The van der Waals surface area contributed by atoms with Crippen LogP contribution in [0.25, 0.3) is 0 Å². The van der Waals surface area contributed by atoms with E-state index < -0.39 is 0 Å². The second-order valence-electron chi connectivity index (χ2n) is 3.36. The van der Waals surface area contributed by atoms with Gasteiger partial charge < -0.3 is 11.1 Å². The molecule has 0 saturated heterocycles. The molecule has 0 spiro atoms. The molecule has 5 nitrogen and oxygen atoms in total. The monoisotopic (exact) mass is 214 g/mol. The summed E-state index contributed by atoms with van der Waals surface area (Å²) in [4.78, 5) is 9.44. The van der Waals surface area contributed by atoms with Crippen molar-refractivity contribution in [2.24, 2.45) is 10.7 Å². The Morgan fingerprint density at radius 2 is 2.20 bits per heavy atom. The first-order valence-electron chi connectivity index (χ1n) is 5.05. The van der Waals surface area contributed by atoms with Crippen molar-refractivity contribution in [1.82, 2.24) is 10.8 Å². The lowest BCUT2D eigenvalue weighted by Gasteiger charge is -2.17. The van der Waals surface area contributed by atoms with Crippen LogP contribution in [0, 0.1) is 0 Å². The maximum atomic E-state index is 5.32. The second kappa shape index (κ2) is 8.26. The minimum absolute atomic E-state index is 0.0609. The molecular formula is C10H22N4O. The lowest BCUT2D eigenvalue weighted by Crippen LogP contribution is -2.24. The van der Waals surface area contributed by atoms with Crippen molar-refractivity contribution in [1.29, 1.82) is 0 Å². The van der Waals surface area contributed by atoms with E-state index in [2.05, 4.69) is 15.8 Å². The van der Waals surface area contributed by atoms with E-state index in [0.717, 1.165) is 12.0 Å². The molecule has 0 aromatic rings. The molecule has 0 fully saturated rings. The van der Waals surface area contributed by atoms with Gasteiger partial charge in [0, 0.05) is 20.5 Å². The summed E-state index contributed by atoms with van der Waals surface area (Å²) in [7, 11) is 3.61. The Labute approximate surface area is 91.7 Å². The highest BCUT2D eigenvalue weighted by molar-refractivity contribution is 5.52. The summed E-state index contributed by atoms with van der Waals surface area (Å²) in [5.74, 6) is 0. The third-order valence-electron chi connectivity index (χ3n) is 2.04.